The lowest BCUT2D eigenvalue weighted by Gasteiger charge is -2.07. The number of nitrogens with one attached hydrogen (secondary N) is 2. The summed E-state index contributed by atoms with van der Waals surface area (Å²) in [7, 11) is 0. The van der Waals surface area contributed by atoms with E-state index in [1.165, 1.54) is 42.5 Å². The zero-order valence-corrected chi connectivity index (χ0v) is 12.9. The fourth-order valence-electron chi connectivity index (χ4n) is 1.67. The van der Waals surface area contributed by atoms with Crippen molar-refractivity contribution in [3.63, 3.8) is 0 Å². The summed E-state index contributed by atoms with van der Waals surface area (Å²) in [6.45, 7) is 0. The van der Waals surface area contributed by atoms with Crippen molar-refractivity contribution in [2.75, 3.05) is 10.6 Å². The highest BCUT2D eigenvalue weighted by Crippen LogP contribution is 2.22. The smallest absolute Gasteiger partial charge is 0.314 e. The van der Waals surface area contributed by atoms with E-state index in [4.69, 9.17) is 23.2 Å². The van der Waals surface area contributed by atoms with Gasteiger partial charge >= 0.3 is 11.8 Å². The van der Waals surface area contributed by atoms with Gasteiger partial charge in [0.1, 0.15) is 0 Å². The van der Waals surface area contributed by atoms with E-state index >= 15 is 0 Å². The molecular weight excluding hydrogens is 345 g/mol. The number of hydrogen-bond donors (Lipinski definition) is 2. The maximum absolute atomic E-state index is 11.8. The number of benzene rings is 2. The van der Waals surface area contributed by atoms with Gasteiger partial charge in [-0.15, -0.1) is 0 Å². The van der Waals surface area contributed by atoms with Crippen molar-refractivity contribution in [3.05, 3.63) is 62.6 Å². The molecule has 2 aromatic rings. The largest absolute Gasteiger partial charge is 0.318 e. The van der Waals surface area contributed by atoms with Crippen LogP contribution in [0, 0.1) is 10.1 Å². The van der Waals surface area contributed by atoms with Crippen molar-refractivity contribution in [2.24, 2.45) is 0 Å². The summed E-state index contributed by atoms with van der Waals surface area (Å²) < 4.78 is 0. The van der Waals surface area contributed by atoms with E-state index in [0.717, 1.165) is 0 Å². The molecule has 0 bridgehead atoms. The van der Waals surface area contributed by atoms with E-state index in [2.05, 4.69) is 10.6 Å². The van der Waals surface area contributed by atoms with Crippen molar-refractivity contribution < 1.29 is 14.5 Å². The number of amides is 2. The summed E-state index contributed by atoms with van der Waals surface area (Å²) in [6, 6.07) is 9.42. The number of nitro benzene ring substituents is 1. The number of hydrogen-bond acceptors (Lipinski definition) is 4. The second-order valence-corrected chi connectivity index (χ2v) is 5.24. The Balaban J connectivity index is 2.02. The molecule has 0 aliphatic rings. The average molecular weight is 354 g/mol. The number of non-ortho nitro benzene ring substituents is 1. The first-order valence-corrected chi connectivity index (χ1v) is 6.93. The number of halogens is 2. The molecular formula is C14H9Cl2N3O4. The van der Waals surface area contributed by atoms with Crippen LogP contribution in [0.4, 0.5) is 17.1 Å². The summed E-state index contributed by atoms with van der Waals surface area (Å²) >= 11 is 11.6. The molecule has 0 aromatic heterocycles. The van der Waals surface area contributed by atoms with Gasteiger partial charge in [-0.05, 0) is 30.3 Å². The lowest BCUT2D eigenvalue weighted by molar-refractivity contribution is -0.384. The Hall–Kier alpha value is -2.64. The van der Waals surface area contributed by atoms with E-state index in [1.807, 2.05) is 0 Å². The first-order chi connectivity index (χ1) is 10.8. The van der Waals surface area contributed by atoms with Gasteiger partial charge in [0.15, 0.2) is 0 Å². The van der Waals surface area contributed by atoms with Crippen LogP contribution >= 0.6 is 23.2 Å². The molecule has 0 atom stereocenters. The average Bonchev–Trinajstić information content (AvgIpc) is 2.46. The maximum atomic E-state index is 11.8. The summed E-state index contributed by atoms with van der Waals surface area (Å²) in [6.07, 6.45) is 0. The molecule has 0 fully saturated rings. The molecule has 0 saturated heterocycles. The summed E-state index contributed by atoms with van der Waals surface area (Å²) in [4.78, 5) is 33.5. The van der Waals surface area contributed by atoms with Gasteiger partial charge in [-0.2, -0.15) is 0 Å². The Morgan fingerprint density at radius 2 is 1.35 bits per heavy atom. The molecule has 2 N–H and O–H groups in total. The second kappa shape index (κ2) is 7.08. The highest BCUT2D eigenvalue weighted by molar-refractivity contribution is 6.44. The Labute approximate surface area is 140 Å². The third kappa shape index (κ3) is 4.67. The minimum Gasteiger partial charge on any atom is -0.318 e. The zero-order chi connectivity index (χ0) is 17.0. The van der Waals surface area contributed by atoms with E-state index in [1.54, 1.807) is 0 Å². The quantitative estimate of drug-likeness (QED) is 0.500. The molecule has 2 rings (SSSR count). The van der Waals surface area contributed by atoms with Gasteiger partial charge < -0.3 is 10.6 Å². The molecule has 0 heterocycles. The van der Waals surface area contributed by atoms with Gasteiger partial charge in [0.25, 0.3) is 5.69 Å². The summed E-state index contributed by atoms with van der Waals surface area (Å²) in [5.74, 6) is -1.86. The van der Waals surface area contributed by atoms with E-state index in [9.17, 15) is 19.7 Å². The molecule has 7 nitrogen and oxygen atoms in total. The molecule has 0 aliphatic heterocycles. The van der Waals surface area contributed by atoms with Crippen LogP contribution in [0.1, 0.15) is 0 Å². The van der Waals surface area contributed by atoms with E-state index in [0.29, 0.717) is 10.0 Å². The van der Waals surface area contributed by atoms with Gasteiger partial charge in [-0.25, -0.2) is 0 Å². The van der Waals surface area contributed by atoms with Crippen molar-refractivity contribution in [1.82, 2.24) is 0 Å². The number of nitro groups is 1. The Morgan fingerprint density at radius 3 is 1.83 bits per heavy atom. The molecule has 0 spiro atoms. The monoisotopic (exact) mass is 353 g/mol. The number of nitrogens with zero attached hydrogens (tertiary/aromatic N) is 1. The van der Waals surface area contributed by atoms with Crippen molar-refractivity contribution in [1.29, 1.82) is 0 Å². The molecule has 0 unspecified atom stereocenters. The summed E-state index contributed by atoms with van der Waals surface area (Å²) in [5, 5.41) is 15.8. The van der Waals surface area contributed by atoms with Crippen LogP contribution in [0.25, 0.3) is 0 Å². The van der Waals surface area contributed by atoms with Crippen LogP contribution in [-0.4, -0.2) is 16.7 Å². The predicted molar refractivity (Wildman–Crippen MR) is 86.8 cm³/mol. The lowest BCUT2D eigenvalue weighted by Crippen LogP contribution is -2.29. The molecule has 23 heavy (non-hydrogen) atoms. The number of rotatable bonds is 3. The van der Waals surface area contributed by atoms with Crippen LogP contribution < -0.4 is 10.6 Å². The van der Waals surface area contributed by atoms with Gasteiger partial charge in [0.05, 0.1) is 4.92 Å². The minimum atomic E-state index is -0.935. The van der Waals surface area contributed by atoms with E-state index in [-0.39, 0.29) is 17.1 Å². The molecule has 0 radical (unpaired) electrons. The van der Waals surface area contributed by atoms with Crippen LogP contribution in [0.3, 0.4) is 0 Å². The Kier molecular flexibility index (Phi) is 5.15. The Morgan fingerprint density at radius 1 is 0.870 bits per heavy atom. The third-order valence-electron chi connectivity index (χ3n) is 2.66. The third-order valence-corrected chi connectivity index (χ3v) is 3.10. The van der Waals surface area contributed by atoms with Gasteiger partial charge in [-0.3, -0.25) is 19.7 Å². The number of carbonyl (C=O) groups is 2. The standard InChI is InChI=1S/C14H9Cl2N3O4/c15-8-5-9(16)7-11(6-8)18-14(21)13(20)17-10-1-3-12(4-2-10)19(22)23/h1-7H,(H,17,20)(H,18,21). The first-order valence-electron chi connectivity index (χ1n) is 6.18. The molecule has 118 valence electrons. The highest BCUT2D eigenvalue weighted by Gasteiger charge is 2.15. The molecule has 9 heteroatoms. The Bertz CT molecular complexity index is 758. The molecule has 0 aliphatic carbocycles. The van der Waals surface area contributed by atoms with Crippen molar-refractivity contribution in [2.45, 2.75) is 0 Å². The van der Waals surface area contributed by atoms with Crippen molar-refractivity contribution in [3.8, 4) is 0 Å². The van der Waals surface area contributed by atoms with Crippen LogP contribution in [0.2, 0.25) is 10.0 Å². The fourth-order valence-corrected chi connectivity index (χ4v) is 2.19. The van der Waals surface area contributed by atoms with E-state index < -0.39 is 16.7 Å². The zero-order valence-electron chi connectivity index (χ0n) is 11.4. The SMILES string of the molecule is O=C(Nc1ccc([N+](=O)[O-])cc1)C(=O)Nc1cc(Cl)cc(Cl)c1. The molecule has 2 aromatic carbocycles. The molecule has 0 saturated carbocycles. The fraction of sp³-hybridized carbons (Fsp3) is 0. The van der Waals surface area contributed by atoms with Crippen LogP contribution in [0.5, 0.6) is 0 Å². The topological polar surface area (TPSA) is 101 Å². The van der Waals surface area contributed by atoms with Gasteiger partial charge in [-0.1, -0.05) is 23.2 Å². The first kappa shape index (κ1) is 16.7. The summed E-state index contributed by atoms with van der Waals surface area (Å²) in [5.41, 5.74) is 0.396. The van der Waals surface area contributed by atoms with Crippen LogP contribution in [-0.2, 0) is 9.59 Å². The maximum Gasteiger partial charge on any atom is 0.314 e. The van der Waals surface area contributed by atoms with Gasteiger partial charge in [0, 0.05) is 33.6 Å². The van der Waals surface area contributed by atoms with Gasteiger partial charge in [0.2, 0.25) is 0 Å². The van der Waals surface area contributed by atoms with Crippen LogP contribution in [0.15, 0.2) is 42.5 Å². The van der Waals surface area contributed by atoms with Crippen molar-refractivity contribution >= 4 is 52.1 Å². The predicted octanol–water partition coefficient (Wildman–Crippen LogP) is 3.48. The molecule has 2 amide bonds. The normalized spacial score (nSPS) is 10.0. The lowest BCUT2D eigenvalue weighted by atomic mass is 10.3. The second-order valence-electron chi connectivity index (χ2n) is 4.37. The highest BCUT2D eigenvalue weighted by atomic mass is 35.5. The number of anilines is 2. The number of carbonyl (C=O) groups excluding carboxylic acids is 2. The minimum absolute atomic E-state index is 0.124.